The number of ether oxygens (including phenoxy) is 2. The van der Waals surface area contributed by atoms with Gasteiger partial charge in [0.2, 0.25) is 10.0 Å². The molecule has 0 bridgehead atoms. The number of sulfonamides is 1. The minimum atomic E-state index is -3.77. The fourth-order valence-corrected chi connectivity index (χ4v) is 4.07. The molecule has 3 rings (SSSR count). The number of anilines is 1. The molecule has 0 saturated heterocycles. The highest BCUT2D eigenvalue weighted by Crippen LogP contribution is 2.20. The molecule has 0 aliphatic carbocycles. The van der Waals surface area contributed by atoms with Crippen LogP contribution >= 0.6 is 0 Å². The second-order valence-electron chi connectivity index (χ2n) is 7.27. The zero-order valence-corrected chi connectivity index (χ0v) is 19.1. The first-order valence-electron chi connectivity index (χ1n) is 10.2. The van der Waals surface area contributed by atoms with Crippen molar-refractivity contribution in [1.82, 2.24) is 4.72 Å². The number of carbonyl (C=O) groups is 1. The number of carbonyl (C=O) groups excluding carboxylic acids is 1. The molecule has 3 aromatic rings. The lowest BCUT2D eigenvalue weighted by Gasteiger charge is -2.12. The lowest BCUT2D eigenvalue weighted by molar-refractivity contribution is 0.102. The van der Waals surface area contributed by atoms with Crippen molar-refractivity contribution in [3.05, 3.63) is 89.2 Å². The van der Waals surface area contributed by atoms with Crippen LogP contribution in [0, 0.1) is 12.7 Å². The fraction of sp³-hybridized carbons (Fsp3) is 0.208. The molecule has 33 heavy (non-hydrogen) atoms. The third-order valence-corrected chi connectivity index (χ3v) is 6.21. The van der Waals surface area contributed by atoms with E-state index in [2.05, 4.69) is 10.0 Å². The third-order valence-electron chi connectivity index (χ3n) is 4.75. The van der Waals surface area contributed by atoms with E-state index in [9.17, 15) is 17.6 Å². The fourth-order valence-electron chi connectivity index (χ4n) is 3.04. The van der Waals surface area contributed by atoms with Gasteiger partial charge < -0.3 is 14.8 Å². The lowest BCUT2D eigenvalue weighted by Crippen LogP contribution is -2.27. The summed E-state index contributed by atoms with van der Waals surface area (Å²) in [5.41, 5.74) is 2.17. The summed E-state index contributed by atoms with van der Waals surface area (Å²) in [7, 11) is -2.30. The molecule has 0 aromatic heterocycles. The number of rotatable bonds is 10. The topological polar surface area (TPSA) is 93.7 Å². The van der Waals surface area contributed by atoms with Gasteiger partial charge in [-0.1, -0.05) is 24.3 Å². The number of hydrogen-bond donors (Lipinski definition) is 2. The largest absolute Gasteiger partial charge is 0.489 e. The molecule has 2 N–H and O–H groups in total. The van der Waals surface area contributed by atoms with Crippen LogP contribution < -0.4 is 14.8 Å². The number of hydrogen-bond acceptors (Lipinski definition) is 5. The highest BCUT2D eigenvalue weighted by atomic mass is 32.2. The molecule has 174 valence electrons. The van der Waals surface area contributed by atoms with E-state index < -0.39 is 15.9 Å². The minimum absolute atomic E-state index is 0.00778. The normalized spacial score (nSPS) is 11.2. The Morgan fingerprint density at radius 3 is 2.58 bits per heavy atom. The van der Waals surface area contributed by atoms with Gasteiger partial charge in [0.25, 0.3) is 5.91 Å². The SMILES string of the molecule is COCCNS(=O)(=O)c1ccc(C)c(C(=O)Nc2cccc(COc3cccc(F)c3)c2)c1. The van der Waals surface area contributed by atoms with E-state index in [1.54, 1.807) is 43.3 Å². The van der Waals surface area contributed by atoms with Crippen LogP contribution in [-0.2, 0) is 21.4 Å². The second-order valence-corrected chi connectivity index (χ2v) is 9.03. The van der Waals surface area contributed by atoms with Crippen molar-refractivity contribution in [2.24, 2.45) is 0 Å². The zero-order valence-electron chi connectivity index (χ0n) is 18.3. The summed E-state index contributed by atoms with van der Waals surface area (Å²) < 4.78 is 51.1. The monoisotopic (exact) mass is 472 g/mol. The van der Waals surface area contributed by atoms with Gasteiger partial charge in [-0.15, -0.1) is 0 Å². The Balaban J connectivity index is 1.71. The van der Waals surface area contributed by atoms with Gasteiger partial charge in [-0.25, -0.2) is 17.5 Å². The first kappa shape index (κ1) is 24.4. The highest BCUT2D eigenvalue weighted by Gasteiger charge is 2.18. The highest BCUT2D eigenvalue weighted by molar-refractivity contribution is 7.89. The predicted molar refractivity (Wildman–Crippen MR) is 123 cm³/mol. The van der Waals surface area contributed by atoms with Crippen molar-refractivity contribution in [3.63, 3.8) is 0 Å². The van der Waals surface area contributed by atoms with Crippen molar-refractivity contribution >= 4 is 21.6 Å². The molecule has 0 saturated carbocycles. The zero-order chi connectivity index (χ0) is 23.8. The van der Waals surface area contributed by atoms with E-state index in [4.69, 9.17) is 9.47 Å². The Labute approximate surface area is 192 Å². The van der Waals surface area contributed by atoms with Crippen LogP contribution in [0.2, 0.25) is 0 Å². The lowest BCUT2D eigenvalue weighted by atomic mass is 10.1. The van der Waals surface area contributed by atoms with Crippen molar-refractivity contribution in [1.29, 1.82) is 0 Å². The Hall–Kier alpha value is -3.27. The molecule has 7 nitrogen and oxygen atoms in total. The number of methoxy groups -OCH3 is 1. The minimum Gasteiger partial charge on any atom is -0.489 e. The number of nitrogens with one attached hydrogen (secondary N) is 2. The van der Waals surface area contributed by atoms with Crippen molar-refractivity contribution in [2.75, 3.05) is 25.6 Å². The Morgan fingerprint density at radius 1 is 1.03 bits per heavy atom. The van der Waals surface area contributed by atoms with Crippen molar-refractivity contribution in [3.8, 4) is 5.75 Å². The van der Waals surface area contributed by atoms with Gasteiger partial charge in [-0.05, 0) is 54.4 Å². The summed E-state index contributed by atoms with van der Waals surface area (Å²) in [5, 5.41) is 2.79. The van der Waals surface area contributed by atoms with Crippen LogP contribution in [-0.4, -0.2) is 34.6 Å². The van der Waals surface area contributed by atoms with Gasteiger partial charge in [0.15, 0.2) is 0 Å². The molecule has 0 heterocycles. The van der Waals surface area contributed by atoms with Crippen molar-refractivity contribution in [2.45, 2.75) is 18.4 Å². The average molecular weight is 473 g/mol. The van der Waals surface area contributed by atoms with E-state index in [1.807, 2.05) is 6.07 Å². The number of halogens is 1. The van der Waals surface area contributed by atoms with Crippen LogP contribution in [0.3, 0.4) is 0 Å². The van der Waals surface area contributed by atoms with Crippen LogP contribution in [0.1, 0.15) is 21.5 Å². The molecule has 0 radical (unpaired) electrons. The average Bonchev–Trinajstić information content (AvgIpc) is 2.78. The molecular formula is C24H25FN2O5S. The van der Waals surface area contributed by atoms with Crippen LogP contribution in [0.25, 0.3) is 0 Å². The summed E-state index contributed by atoms with van der Waals surface area (Å²) in [5.74, 6) is -0.427. The summed E-state index contributed by atoms with van der Waals surface area (Å²) in [6.45, 7) is 2.27. The number of benzene rings is 3. The predicted octanol–water partition coefficient (Wildman–Crippen LogP) is 3.89. The Bertz CT molecular complexity index is 1230. The van der Waals surface area contributed by atoms with Gasteiger partial charge in [0.1, 0.15) is 18.2 Å². The molecule has 0 spiro atoms. The molecule has 1 amide bonds. The van der Waals surface area contributed by atoms with E-state index in [1.165, 1.54) is 31.4 Å². The van der Waals surface area contributed by atoms with Crippen LogP contribution in [0.4, 0.5) is 10.1 Å². The molecule has 0 aliphatic heterocycles. The van der Waals surface area contributed by atoms with Gasteiger partial charge in [-0.2, -0.15) is 0 Å². The van der Waals surface area contributed by atoms with Crippen molar-refractivity contribution < 1.29 is 27.1 Å². The standard InChI is InChI=1S/C24H25FN2O5S/c1-17-9-10-22(33(29,30)26-11-12-31-2)15-23(17)24(28)27-20-7-3-5-18(13-20)16-32-21-8-4-6-19(25)14-21/h3-10,13-15,26H,11-12,16H2,1-2H3,(H,27,28). The van der Waals surface area contributed by atoms with Gasteiger partial charge in [0.05, 0.1) is 11.5 Å². The quantitative estimate of drug-likeness (QED) is 0.437. The molecule has 0 atom stereocenters. The second kappa shape index (κ2) is 11.0. The molecule has 0 unspecified atom stereocenters. The molecule has 0 fully saturated rings. The maximum absolute atomic E-state index is 13.3. The third kappa shape index (κ3) is 6.85. The van der Waals surface area contributed by atoms with Gasteiger partial charge >= 0.3 is 0 Å². The molecule has 3 aromatic carbocycles. The smallest absolute Gasteiger partial charge is 0.255 e. The van der Waals surface area contributed by atoms with Gasteiger partial charge in [-0.3, -0.25) is 4.79 Å². The maximum Gasteiger partial charge on any atom is 0.255 e. The molecular weight excluding hydrogens is 447 g/mol. The summed E-state index contributed by atoms with van der Waals surface area (Å²) >= 11 is 0. The molecule has 0 aliphatic rings. The Kier molecular flexibility index (Phi) is 8.16. The maximum atomic E-state index is 13.3. The first-order valence-corrected chi connectivity index (χ1v) is 11.6. The van der Waals surface area contributed by atoms with E-state index >= 15 is 0 Å². The number of amides is 1. The van der Waals surface area contributed by atoms with E-state index in [-0.39, 0.29) is 36.0 Å². The first-order chi connectivity index (χ1) is 15.8. The van der Waals surface area contributed by atoms with Gasteiger partial charge in [0, 0.05) is 31.0 Å². The van der Waals surface area contributed by atoms with E-state index in [0.717, 1.165) is 5.56 Å². The van der Waals surface area contributed by atoms with E-state index in [0.29, 0.717) is 17.0 Å². The van der Waals surface area contributed by atoms with Crippen LogP contribution in [0.5, 0.6) is 5.75 Å². The summed E-state index contributed by atoms with van der Waals surface area (Å²) in [4.78, 5) is 12.9. The molecule has 9 heteroatoms. The Morgan fingerprint density at radius 2 is 1.82 bits per heavy atom. The van der Waals surface area contributed by atoms with Crippen LogP contribution in [0.15, 0.2) is 71.6 Å². The summed E-state index contributed by atoms with van der Waals surface area (Å²) in [6, 6.07) is 17.2. The number of aryl methyl sites for hydroxylation is 1. The summed E-state index contributed by atoms with van der Waals surface area (Å²) in [6.07, 6.45) is 0.